The highest BCUT2D eigenvalue weighted by molar-refractivity contribution is 5.79. The lowest BCUT2D eigenvalue weighted by Gasteiger charge is -2.40. The van der Waals surface area contributed by atoms with Gasteiger partial charge in [0.05, 0.1) is 0 Å². The molecule has 22 heavy (non-hydrogen) atoms. The smallest absolute Gasteiger partial charge is 0.225 e. The van der Waals surface area contributed by atoms with Gasteiger partial charge in [-0.15, -0.1) is 0 Å². The van der Waals surface area contributed by atoms with Gasteiger partial charge in [-0.05, 0) is 24.8 Å². The Hall–Kier alpha value is -1.10. The maximum atomic E-state index is 12.6. The van der Waals surface area contributed by atoms with E-state index in [1.165, 1.54) is 19.3 Å². The second kappa shape index (κ2) is 7.44. The average molecular weight is 309 g/mol. The van der Waals surface area contributed by atoms with Gasteiger partial charge < -0.3 is 15.5 Å². The van der Waals surface area contributed by atoms with Crippen LogP contribution < -0.4 is 5.73 Å². The number of carbonyl (C=O) groups is 2. The normalized spacial score (nSPS) is 22.0. The maximum Gasteiger partial charge on any atom is 0.225 e. The predicted octanol–water partition coefficient (Wildman–Crippen LogP) is 1.61. The van der Waals surface area contributed by atoms with Gasteiger partial charge in [-0.3, -0.25) is 9.59 Å². The molecule has 0 spiro atoms. The monoisotopic (exact) mass is 309 g/mol. The Kier molecular flexibility index (Phi) is 5.84. The van der Waals surface area contributed by atoms with Crippen LogP contribution in [0.3, 0.4) is 0 Å². The topological polar surface area (TPSA) is 66.6 Å². The van der Waals surface area contributed by atoms with E-state index in [1.807, 2.05) is 23.6 Å². The SMILES string of the molecule is CC(C)C(=O)N1CCN(C(=O)CC2(CN)CCCCC2)CC1. The van der Waals surface area contributed by atoms with E-state index in [-0.39, 0.29) is 23.1 Å². The van der Waals surface area contributed by atoms with Crippen LogP contribution in [0, 0.1) is 11.3 Å². The Labute approximate surface area is 134 Å². The van der Waals surface area contributed by atoms with Crippen molar-refractivity contribution in [1.29, 1.82) is 0 Å². The summed E-state index contributed by atoms with van der Waals surface area (Å²) in [6.07, 6.45) is 6.41. The molecule has 0 bridgehead atoms. The molecular weight excluding hydrogens is 278 g/mol. The quantitative estimate of drug-likeness (QED) is 0.858. The first-order valence-electron chi connectivity index (χ1n) is 8.74. The zero-order valence-electron chi connectivity index (χ0n) is 14.1. The van der Waals surface area contributed by atoms with Crippen LogP contribution in [-0.2, 0) is 9.59 Å². The van der Waals surface area contributed by atoms with Crippen LogP contribution in [0.4, 0.5) is 0 Å². The summed E-state index contributed by atoms with van der Waals surface area (Å²) in [5.41, 5.74) is 6.02. The second-order valence-corrected chi connectivity index (χ2v) is 7.30. The minimum absolute atomic E-state index is 0.0280. The molecule has 2 amide bonds. The van der Waals surface area contributed by atoms with Crippen molar-refractivity contribution in [3.05, 3.63) is 0 Å². The molecule has 0 atom stereocenters. The molecule has 0 radical (unpaired) electrons. The van der Waals surface area contributed by atoms with Gasteiger partial charge in [-0.25, -0.2) is 0 Å². The van der Waals surface area contributed by atoms with Crippen LogP contribution in [0.5, 0.6) is 0 Å². The van der Waals surface area contributed by atoms with Gasteiger partial charge in [-0.2, -0.15) is 0 Å². The maximum absolute atomic E-state index is 12.6. The number of hydrogen-bond donors (Lipinski definition) is 1. The summed E-state index contributed by atoms with van der Waals surface area (Å²) < 4.78 is 0. The van der Waals surface area contributed by atoms with E-state index < -0.39 is 0 Å². The lowest BCUT2D eigenvalue weighted by molar-refractivity contribution is -0.142. The van der Waals surface area contributed by atoms with Gasteiger partial charge in [0.15, 0.2) is 0 Å². The van der Waals surface area contributed by atoms with Gasteiger partial charge in [0, 0.05) is 38.5 Å². The van der Waals surface area contributed by atoms with Gasteiger partial charge in [0.1, 0.15) is 0 Å². The Morgan fingerprint density at radius 3 is 2.05 bits per heavy atom. The third kappa shape index (κ3) is 4.00. The number of nitrogens with two attached hydrogens (primary N) is 1. The molecule has 1 heterocycles. The molecule has 1 saturated heterocycles. The highest BCUT2D eigenvalue weighted by atomic mass is 16.2. The predicted molar refractivity (Wildman–Crippen MR) is 87.2 cm³/mol. The van der Waals surface area contributed by atoms with Crippen molar-refractivity contribution in [3.8, 4) is 0 Å². The highest BCUT2D eigenvalue weighted by Crippen LogP contribution is 2.38. The van der Waals surface area contributed by atoms with Gasteiger partial charge in [0.25, 0.3) is 0 Å². The second-order valence-electron chi connectivity index (χ2n) is 7.30. The molecule has 0 aromatic carbocycles. The summed E-state index contributed by atoms with van der Waals surface area (Å²) in [5, 5.41) is 0. The Balaban J connectivity index is 1.85. The van der Waals surface area contributed by atoms with Crippen LogP contribution in [0.25, 0.3) is 0 Å². The van der Waals surface area contributed by atoms with Gasteiger partial charge in [0.2, 0.25) is 11.8 Å². The molecule has 5 nitrogen and oxygen atoms in total. The lowest BCUT2D eigenvalue weighted by atomic mass is 9.71. The molecule has 0 aromatic rings. The number of amides is 2. The number of rotatable bonds is 4. The van der Waals surface area contributed by atoms with Gasteiger partial charge in [-0.1, -0.05) is 33.1 Å². The first-order valence-corrected chi connectivity index (χ1v) is 8.74. The van der Waals surface area contributed by atoms with E-state index in [4.69, 9.17) is 5.73 Å². The fraction of sp³-hybridized carbons (Fsp3) is 0.882. The summed E-state index contributed by atoms with van der Waals surface area (Å²) in [5.74, 6) is 0.451. The fourth-order valence-electron chi connectivity index (χ4n) is 3.73. The minimum atomic E-state index is 0.0280. The summed E-state index contributed by atoms with van der Waals surface area (Å²) in [4.78, 5) is 28.4. The number of carbonyl (C=O) groups excluding carboxylic acids is 2. The van der Waals surface area contributed by atoms with E-state index >= 15 is 0 Å². The van der Waals surface area contributed by atoms with E-state index in [2.05, 4.69) is 0 Å². The van der Waals surface area contributed by atoms with Crippen molar-refractivity contribution >= 4 is 11.8 Å². The summed E-state index contributed by atoms with van der Waals surface area (Å²) in [6, 6.07) is 0. The highest BCUT2D eigenvalue weighted by Gasteiger charge is 2.35. The van der Waals surface area contributed by atoms with Crippen molar-refractivity contribution in [2.24, 2.45) is 17.1 Å². The first-order chi connectivity index (χ1) is 10.5. The summed E-state index contributed by atoms with van der Waals surface area (Å²) in [6.45, 7) is 7.12. The molecule has 1 saturated carbocycles. The zero-order valence-corrected chi connectivity index (χ0v) is 14.1. The Morgan fingerprint density at radius 2 is 1.55 bits per heavy atom. The number of nitrogens with zero attached hydrogens (tertiary/aromatic N) is 2. The molecule has 2 fully saturated rings. The molecule has 0 unspecified atom stereocenters. The number of piperazine rings is 1. The van der Waals surface area contributed by atoms with Crippen molar-refractivity contribution in [1.82, 2.24) is 9.80 Å². The van der Waals surface area contributed by atoms with Crippen molar-refractivity contribution in [3.63, 3.8) is 0 Å². The van der Waals surface area contributed by atoms with E-state index in [9.17, 15) is 9.59 Å². The first kappa shape index (κ1) is 17.3. The lowest BCUT2D eigenvalue weighted by Crippen LogP contribution is -2.52. The van der Waals surface area contributed by atoms with Gasteiger partial charge >= 0.3 is 0 Å². The zero-order chi connectivity index (χ0) is 16.2. The summed E-state index contributed by atoms with van der Waals surface area (Å²) >= 11 is 0. The van der Waals surface area contributed by atoms with Crippen molar-refractivity contribution in [2.75, 3.05) is 32.7 Å². The van der Waals surface area contributed by atoms with Crippen LogP contribution in [0.2, 0.25) is 0 Å². The third-order valence-electron chi connectivity index (χ3n) is 5.31. The van der Waals surface area contributed by atoms with Crippen LogP contribution in [0.15, 0.2) is 0 Å². The molecule has 2 rings (SSSR count). The fourth-order valence-corrected chi connectivity index (χ4v) is 3.73. The average Bonchev–Trinajstić information content (AvgIpc) is 2.55. The van der Waals surface area contributed by atoms with E-state index in [1.54, 1.807) is 0 Å². The molecule has 1 aliphatic heterocycles. The largest absolute Gasteiger partial charge is 0.339 e. The minimum Gasteiger partial charge on any atom is -0.339 e. The summed E-state index contributed by atoms with van der Waals surface area (Å²) in [7, 11) is 0. The standard InChI is InChI=1S/C17H31N3O2/c1-14(2)16(22)20-10-8-19(9-11-20)15(21)12-17(13-18)6-4-3-5-7-17/h14H,3-13,18H2,1-2H3. The molecule has 0 aromatic heterocycles. The van der Waals surface area contributed by atoms with Crippen LogP contribution in [0.1, 0.15) is 52.4 Å². The molecular formula is C17H31N3O2. The van der Waals surface area contributed by atoms with E-state index in [0.717, 1.165) is 12.8 Å². The molecule has 1 aliphatic carbocycles. The van der Waals surface area contributed by atoms with E-state index in [0.29, 0.717) is 39.1 Å². The molecule has 5 heteroatoms. The Bertz CT molecular complexity index is 395. The van der Waals surface area contributed by atoms with Crippen LogP contribution >= 0.6 is 0 Å². The molecule has 2 N–H and O–H groups in total. The number of hydrogen-bond acceptors (Lipinski definition) is 3. The molecule has 126 valence electrons. The third-order valence-corrected chi connectivity index (χ3v) is 5.31. The van der Waals surface area contributed by atoms with Crippen LogP contribution in [-0.4, -0.2) is 54.3 Å². The molecule has 2 aliphatic rings. The van der Waals surface area contributed by atoms with Crippen molar-refractivity contribution in [2.45, 2.75) is 52.4 Å². The Morgan fingerprint density at radius 1 is 1.00 bits per heavy atom. The van der Waals surface area contributed by atoms with Crippen molar-refractivity contribution < 1.29 is 9.59 Å².